The molecule has 6 nitrogen and oxygen atoms in total. The van der Waals surface area contributed by atoms with E-state index in [0.29, 0.717) is 30.1 Å². The molecule has 0 spiro atoms. The van der Waals surface area contributed by atoms with E-state index in [1.54, 1.807) is 6.07 Å². The third kappa shape index (κ3) is 3.04. The van der Waals surface area contributed by atoms with Gasteiger partial charge in [-0.05, 0) is 19.4 Å². The quantitative estimate of drug-likeness (QED) is 0.631. The highest BCUT2D eigenvalue weighted by molar-refractivity contribution is 7.84. The second-order valence-corrected chi connectivity index (χ2v) is 6.11. The standard InChI is InChI=1S/C13H16N2O4S/c1-3-9(2)20(18)14-12-6-7-19-13-5-4-10(15(16)17)8-11(12)13/h4-5,8-9H,3,6-7H2,1-2H3/t9-,20?/m1/s1. The predicted octanol–water partition coefficient (Wildman–Crippen LogP) is 2.63. The minimum atomic E-state index is -1.32. The lowest BCUT2D eigenvalue weighted by Gasteiger charge is -2.19. The molecule has 0 radical (unpaired) electrons. The van der Waals surface area contributed by atoms with Crippen LogP contribution < -0.4 is 4.74 Å². The van der Waals surface area contributed by atoms with Crippen LogP contribution in [0.15, 0.2) is 22.6 Å². The summed E-state index contributed by atoms with van der Waals surface area (Å²) in [6.45, 7) is 4.26. The lowest BCUT2D eigenvalue weighted by Crippen LogP contribution is -2.18. The summed E-state index contributed by atoms with van der Waals surface area (Å²) < 4.78 is 21.7. The van der Waals surface area contributed by atoms with Crippen molar-refractivity contribution in [2.24, 2.45) is 4.40 Å². The van der Waals surface area contributed by atoms with Crippen LogP contribution in [-0.2, 0) is 11.0 Å². The van der Waals surface area contributed by atoms with Crippen molar-refractivity contribution in [3.63, 3.8) is 0 Å². The summed E-state index contributed by atoms with van der Waals surface area (Å²) >= 11 is 0. The fraction of sp³-hybridized carbons (Fsp3) is 0.462. The normalized spacial score (nSPS) is 19.0. The molecule has 0 aromatic heterocycles. The van der Waals surface area contributed by atoms with Gasteiger partial charge in [0.15, 0.2) is 0 Å². The molecule has 1 unspecified atom stereocenters. The molecular formula is C13H16N2O4S. The number of hydrogen-bond acceptors (Lipinski definition) is 4. The third-order valence-electron chi connectivity index (χ3n) is 3.20. The molecule has 1 aromatic carbocycles. The summed E-state index contributed by atoms with van der Waals surface area (Å²) in [5.41, 5.74) is 1.17. The van der Waals surface area contributed by atoms with Crippen molar-refractivity contribution in [2.45, 2.75) is 31.9 Å². The van der Waals surface area contributed by atoms with E-state index < -0.39 is 15.9 Å². The van der Waals surface area contributed by atoms with Crippen molar-refractivity contribution in [1.82, 2.24) is 0 Å². The Morgan fingerprint density at radius 1 is 1.55 bits per heavy atom. The number of fused-ring (bicyclic) bond motifs is 1. The van der Waals surface area contributed by atoms with Gasteiger partial charge in [-0.3, -0.25) is 10.1 Å². The summed E-state index contributed by atoms with van der Waals surface area (Å²) in [7, 11) is -1.32. The first kappa shape index (κ1) is 14.6. The van der Waals surface area contributed by atoms with Gasteiger partial charge < -0.3 is 4.74 Å². The molecule has 0 aliphatic carbocycles. The van der Waals surface area contributed by atoms with Crippen LogP contribution >= 0.6 is 0 Å². The first-order valence-electron chi connectivity index (χ1n) is 6.42. The molecule has 0 bridgehead atoms. The molecule has 0 amide bonds. The second-order valence-electron chi connectivity index (χ2n) is 4.57. The number of benzene rings is 1. The number of nitro groups is 1. The van der Waals surface area contributed by atoms with Crippen LogP contribution in [-0.4, -0.2) is 26.7 Å². The number of ether oxygens (including phenoxy) is 1. The molecule has 0 N–H and O–H groups in total. The van der Waals surface area contributed by atoms with E-state index in [2.05, 4.69) is 4.40 Å². The molecular weight excluding hydrogens is 280 g/mol. The Morgan fingerprint density at radius 3 is 2.95 bits per heavy atom. The lowest BCUT2D eigenvalue weighted by molar-refractivity contribution is -0.384. The van der Waals surface area contributed by atoms with Gasteiger partial charge in [-0.15, -0.1) is 0 Å². The minimum Gasteiger partial charge on any atom is -0.492 e. The largest absolute Gasteiger partial charge is 0.492 e. The third-order valence-corrected chi connectivity index (χ3v) is 4.62. The van der Waals surface area contributed by atoms with Gasteiger partial charge in [0.25, 0.3) is 5.69 Å². The van der Waals surface area contributed by atoms with E-state index in [0.717, 1.165) is 6.42 Å². The van der Waals surface area contributed by atoms with E-state index in [-0.39, 0.29) is 10.9 Å². The van der Waals surface area contributed by atoms with E-state index >= 15 is 0 Å². The first-order chi connectivity index (χ1) is 9.52. The minimum absolute atomic E-state index is 0.0173. The number of rotatable bonds is 4. The van der Waals surface area contributed by atoms with Crippen molar-refractivity contribution in [3.05, 3.63) is 33.9 Å². The molecule has 0 saturated carbocycles. The van der Waals surface area contributed by atoms with Crippen molar-refractivity contribution >= 4 is 22.4 Å². The van der Waals surface area contributed by atoms with Crippen molar-refractivity contribution in [3.8, 4) is 5.75 Å². The fourth-order valence-corrected chi connectivity index (χ4v) is 2.68. The highest BCUT2D eigenvalue weighted by atomic mass is 32.2. The van der Waals surface area contributed by atoms with E-state index in [9.17, 15) is 14.3 Å². The van der Waals surface area contributed by atoms with Gasteiger partial charge in [0.05, 0.1) is 22.5 Å². The van der Waals surface area contributed by atoms with Crippen molar-refractivity contribution < 1.29 is 13.9 Å². The number of nitrogens with zero attached hydrogens (tertiary/aromatic N) is 2. The Labute approximate surface area is 119 Å². The second kappa shape index (κ2) is 6.13. The molecule has 1 heterocycles. The van der Waals surface area contributed by atoms with E-state index in [4.69, 9.17) is 4.74 Å². The van der Waals surface area contributed by atoms with Gasteiger partial charge in [-0.1, -0.05) is 6.92 Å². The zero-order valence-electron chi connectivity index (χ0n) is 11.4. The van der Waals surface area contributed by atoms with Gasteiger partial charge in [0, 0.05) is 24.1 Å². The van der Waals surface area contributed by atoms with Crippen LogP contribution in [0.4, 0.5) is 5.69 Å². The molecule has 1 aliphatic heterocycles. The Hall–Kier alpha value is -1.76. The van der Waals surface area contributed by atoms with E-state index in [1.807, 2.05) is 13.8 Å². The zero-order valence-corrected chi connectivity index (χ0v) is 12.2. The number of nitro benzene ring substituents is 1. The average molecular weight is 296 g/mol. The van der Waals surface area contributed by atoms with Crippen LogP contribution in [0, 0.1) is 10.1 Å². The highest BCUT2D eigenvalue weighted by Crippen LogP contribution is 2.29. The molecule has 2 rings (SSSR count). The Morgan fingerprint density at radius 2 is 2.30 bits per heavy atom. The Kier molecular flexibility index (Phi) is 4.49. The predicted molar refractivity (Wildman–Crippen MR) is 77.6 cm³/mol. The molecule has 108 valence electrons. The van der Waals surface area contributed by atoms with Crippen molar-refractivity contribution in [2.75, 3.05) is 6.61 Å². The number of non-ortho nitro benzene ring substituents is 1. The molecule has 20 heavy (non-hydrogen) atoms. The van der Waals surface area contributed by atoms with E-state index in [1.165, 1.54) is 12.1 Å². The maximum Gasteiger partial charge on any atom is 0.270 e. The van der Waals surface area contributed by atoms with Gasteiger partial charge >= 0.3 is 0 Å². The van der Waals surface area contributed by atoms with Crippen molar-refractivity contribution in [1.29, 1.82) is 0 Å². The summed E-state index contributed by atoms with van der Waals surface area (Å²) in [6.07, 6.45) is 1.28. The van der Waals surface area contributed by atoms with Gasteiger partial charge in [0.1, 0.15) is 16.7 Å². The van der Waals surface area contributed by atoms with Gasteiger partial charge in [-0.2, -0.15) is 4.40 Å². The first-order valence-corrected chi connectivity index (χ1v) is 7.59. The Balaban J connectivity index is 2.40. The van der Waals surface area contributed by atoms with Gasteiger partial charge in [0.2, 0.25) is 0 Å². The summed E-state index contributed by atoms with van der Waals surface area (Å²) in [5, 5.41) is 10.8. The monoisotopic (exact) mass is 296 g/mol. The van der Waals surface area contributed by atoms with Crippen LogP contribution in [0.5, 0.6) is 5.75 Å². The zero-order chi connectivity index (χ0) is 14.7. The molecule has 1 aromatic rings. The topological polar surface area (TPSA) is 81.8 Å². The van der Waals surface area contributed by atoms with Gasteiger partial charge in [-0.25, -0.2) is 4.21 Å². The maximum absolute atomic E-state index is 12.0. The smallest absolute Gasteiger partial charge is 0.270 e. The molecule has 0 fully saturated rings. The van der Waals surface area contributed by atoms with Crippen LogP contribution in [0.3, 0.4) is 0 Å². The fourth-order valence-electron chi connectivity index (χ4n) is 1.81. The van der Waals surface area contributed by atoms with Crippen LogP contribution in [0.1, 0.15) is 32.3 Å². The molecule has 1 aliphatic rings. The molecule has 0 saturated heterocycles. The number of hydrogen-bond donors (Lipinski definition) is 0. The summed E-state index contributed by atoms with van der Waals surface area (Å²) in [5.74, 6) is 0.557. The molecule has 7 heteroatoms. The SMILES string of the molecule is CC[C@@H](C)S(=O)N=C1CCOc2ccc([N+](=O)[O-])cc21. The molecule has 2 atom stereocenters. The van der Waals surface area contributed by atoms with Crippen LogP contribution in [0.2, 0.25) is 0 Å². The lowest BCUT2D eigenvalue weighted by atomic mass is 10.0. The maximum atomic E-state index is 12.0. The Bertz CT molecular complexity index is 586. The van der Waals surface area contributed by atoms with Crippen LogP contribution in [0.25, 0.3) is 0 Å². The summed E-state index contributed by atoms with van der Waals surface area (Å²) in [6, 6.07) is 4.39. The highest BCUT2D eigenvalue weighted by Gasteiger charge is 2.21. The summed E-state index contributed by atoms with van der Waals surface area (Å²) in [4.78, 5) is 10.4. The average Bonchev–Trinajstić information content (AvgIpc) is 2.46.